The molecule has 32 heavy (non-hydrogen) atoms. The van der Waals surface area contributed by atoms with Crippen LogP contribution in [-0.4, -0.2) is 27.1 Å². The molecule has 1 amide bonds. The smallest absolute Gasteiger partial charge is 0.274 e. The maximum atomic E-state index is 14.4. The lowest BCUT2D eigenvalue weighted by Crippen LogP contribution is -2.26. The summed E-state index contributed by atoms with van der Waals surface area (Å²) in [4.78, 5) is 21.2. The van der Waals surface area contributed by atoms with Gasteiger partial charge in [0.2, 0.25) is 0 Å². The number of carbonyl (C=O) groups is 1. The lowest BCUT2D eigenvalue weighted by molar-refractivity contribution is 0.0712. The molecule has 2 heterocycles. The van der Waals surface area contributed by atoms with Gasteiger partial charge in [0.15, 0.2) is 0 Å². The molecule has 0 unspecified atom stereocenters. The van der Waals surface area contributed by atoms with Crippen molar-refractivity contribution >= 4 is 11.6 Å². The first-order valence-corrected chi connectivity index (χ1v) is 10.7. The summed E-state index contributed by atoms with van der Waals surface area (Å²) in [6, 6.07) is 8.60. The normalized spacial score (nSPS) is 20.7. The molecule has 1 aromatic carbocycles. The zero-order chi connectivity index (χ0) is 22.8. The van der Waals surface area contributed by atoms with Gasteiger partial charge in [0.1, 0.15) is 23.0 Å². The third kappa shape index (κ3) is 4.53. The van der Waals surface area contributed by atoms with Crippen molar-refractivity contribution in [2.45, 2.75) is 45.1 Å². The second-order valence-corrected chi connectivity index (χ2v) is 8.48. The van der Waals surface area contributed by atoms with Gasteiger partial charge in [-0.1, -0.05) is 18.6 Å². The Labute approximate surface area is 185 Å². The first kappa shape index (κ1) is 22.0. The van der Waals surface area contributed by atoms with Crippen LogP contribution >= 0.6 is 0 Å². The summed E-state index contributed by atoms with van der Waals surface area (Å²) in [5.41, 5.74) is 2.03. The number of aliphatic hydroxyl groups is 1. The Hall–Kier alpha value is -3.19. The fraction of sp³-hybridized carbons (Fsp3) is 0.320. The van der Waals surface area contributed by atoms with E-state index in [1.807, 2.05) is 13.0 Å². The van der Waals surface area contributed by atoms with Gasteiger partial charge in [-0.25, -0.2) is 13.8 Å². The van der Waals surface area contributed by atoms with Gasteiger partial charge in [-0.2, -0.15) is 0 Å². The summed E-state index contributed by atoms with van der Waals surface area (Å²) < 4.78 is 28.7. The Balaban J connectivity index is 1.61. The summed E-state index contributed by atoms with van der Waals surface area (Å²) in [5.74, 6) is -1.50. The first-order chi connectivity index (χ1) is 15.3. The molecule has 0 aliphatic heterocycles. The van der Waals surface area contributed by atoms with Crippen molar-refractivity contribution in [1.29, 1.82) is 0 Å². The average molecular weight is 437 g/mol. The molecule has 1 aliphatic rings. The number of hydrogen-bond donors (Lipinski definition) is 2. The second-order valence-electron chi connectivity index (χ2n) is 8.48. The van der Waals surface area contributed by atoms with Crippen molar-refractivity contribution in [3.63, 3.8) is 0 Å². The lowest BCUT2D eigenvalue weighted by atomic mass is 9.77. The Kier molecular flexibility index (Phi) is 6.28. The van der Waals surface area contributed by atoms with E-state index in [2.05, 4.69) is 15.3 Å². The lowest BCUT2D eigenvalue weighted by Gasteiger charge is -2.32. The summed E-state index contributed by atoms with van der Waals surface area (Å²) in [6.45, 7) is 3.79. The number of nitrogens with zero attached hydrogens (tertiary/aromatic N) is 2. The van der Waals surface area contributed by atoms with E-state index in [9.17, 15) is 18.7 Å². The standard InChI is InChI=1S/C25H25F2N3O2/c1-14-3-5-19(26)18(11-14)24-20(27)6-7-21(29-24)25(32)30-22-13-28-10-9-17(22)16-4-8-23(31)15(2)12-16/h3,5-7,9-11,13,15-16,23,31H,4,8,12H2,1-2H3,(H,30,32)/t15-,16-,23+/m0/s1. The van der Waals surface area contributed by atoms with E-state index in [1.54, 1.807) is 25.4 Å². The molecule has 0 radical (unpaired) electrons. The molecule has 1 fully saturated rings. The number of anilines is 1. The predicted molar refractivity (Wildman–Crippen MR) is 118 cm³/mol. The molecule has 0 spiro atoms. The Bertz CT molecular complexity index is 1150. The van der Waals surface area contributed by atoms with Gasteiger partial charge in [0.25, 0.3) is 5.91 Å². The van der Waals surface area contributed by atoms with Crippen LogP contribution in [0.3, 0.4) is 0 Å². The van der Waals surface area contributed by atoms with E-state index in [4.69, 9.17) is 0 Å². The topological polar surface area (TPSA) is 75.1 Å². The van der Waals surface area contributed by atoms with Crippen LogP contribution in [0.1, 0.15) is 53.7 Å². The van der Waals surface area contributed by atoms with Crippen LogP contribution in [-0.2, 0) is 0 Å². The van der Waals surface area contributed by atoms with E-state index in [0.29, 0.717) is 12.1 Å². The maximum absolute atomic E-state index is 14.4. The molecule has 2 aromatic heterocycles. The van der Waals surface area contributed by atoms with Crippen LogP contribution in [0, 0.1) is 24.5 Å². The Morgan fingerprint density at radius 2 is 1.91 bits per heavy atom. The van der Waals surface area contributed by atoms with Crippen LogP contribution in [0.25, 0.3) is 11.3 Å². The number of hydrogen-bond acceptors (Lipinski definition) is 4. The molecule has 0 bridgehead atoms. The summed E-state index contributed by atoms with van der Waals surface area (Å²) >= 11 is 0. The molecule has 1 aliphatic carbocycles. The molecule has 7 heteroatoms. The summed E-state index contributed by atoms with van der Waals surface area (Å²) in [6.07, 6.45) is 5.26. The predicted octanol–water partition coefficient (Wildman–Crippen LogP) is 5.25. The first-order valence-electron chi connectivity index (χ1n) is 10.7. The van der Waals surface area contributed by atoms with E-state index in [-0.39, 0.29) is 34.9 Å². The quantitative estimate of drug-likeness (QED) is 0.585. The van der Waals surface area contributed by atoms with Crippen molar-refractivity contribution in [2.24, 2.45) is 5.92 Å². The van der Waals surface area contributed by atoms with Gasteiger partial charge < -0.3 is 10.4 Å². The Morgan fingerprint density at radius 1 is 1.12 bits per heavy atom. The molecule has 3 aromatic rings. The minimum atomic E-state index is -0.706. The number of carbonyl (C=O) groups excluding carboxylic acids is 1. The molecular formula is C25H25F2N3O2. The molecule has 166 valence electrons. The van der Waals surface area contributed by atoms with Gasteiger partial charge >= 0.3 is 0 Å². The highest BCUT2D eigenvalue weighted by Gasteiger charge is 2.28. The highest BCUT2D eigenvalue weighted by Crippen LogP contribution is 2.39. The highest BCUT2D eigenvalue weighted by atomic mass is 19.1. The van der Waals surface area contributed by atoms with E-state index < -0.39 is 17.5 Å². The molecule has 2 N–H and O–H groups in total. The average Bonchev–Trinajstić information content (AvgIpc) is 2.78. The molecule has 1 saturated carbocycles. The minimum Gasteiger partial charge on any atom is -0.393 e. The molecule has 3 atom stereocenters. The molecular weight excluding hydrogens is 412 g/mol. The monoisotopic (exact) mass is 437 g/mol. The fourth-order valence-electron chi connectivity index (χ4n) is 4.29. The number of aliphatic hydroxyl groups excluding tert-OH is 1. The zero-order valence-corrected chi connectivity index (χ0v) is 18.0. The molecule has 4 rings (SSSR count). The van der Waals surface area contributed by atoms with E-state index >= 15 is 0 Å². The van der Waals surface area contributed by atoms with E-state index in [1.165, 1.54) is 18.2 Å². The van der Waals surface area contributed by atoms with Crippen LogP contribution in [0.2, 0.25) is 0 Å². The summed E-state index contributed by atoms with van der Waals surface area (Å²) in [7, 11) is 0. The molecule has 5 nitrogen and oxygen atoms in total. The van der Waals surface area contributed by atoms with Crippen LogP contribution in [0.15, 0.2) is 48.8 Å². The number of nitrogens with one attached hydrogen (secondary N) is 1. The van der Waals surface area contributed by atoms with Crippen molar-refractivity contribution in [1.82, 2.24) is 9.97 Å². The van der Waals surface area contributed by atoms with Gasteiger partial charge in [-0.05, 0) is 73.9 Å². The van der Waals surface area contributed by atoms with Gasteiger partial charge in [-0.3, -0.25) is 9.78 Å². The SMILES string of the molecule is Cc1ccc(F)c(-c2nc(C(=O)Nc3cnccc3[C@H]3CC[C@@H](O)[C@@H](C)C3)ccc2F)c1. The third-order valence-electron chi connectivity index (χ3n) is 6.12. The zero-order valence-electron chi connectivity index (χ0n) is 18.0. The number of benzene rings is 1. The number of amides is 1. The van der Waals surface area contributed by atoms with Crippen molar-refractivity contribution in [3.05, 3.63) is 77.2 Å². The second kappa shape index (κ2) is 9.12. The van der Waals surface area contributed by atoms with Crippen molar-refractivity contribution in [2.75, 3.05) is 5.32 Å². The number of pyridine rings is 2. The van der Waals surface area contributed by atoms with E-state index in [0.717, 1.165) is 30.0 Å². The maximum Gasteiger partial charge on any atom is 0.274 e. The fourth-order valence-corrected chi connectivity index (χ4v) is 4.29. The number of aryl methyl sites for hydroxylation is 1. The number of rotatable bonds is 4. The molecule has 0 saturated heterocycles. The Morgan fingerprint density at radius 3 is 2.69 bits per heavy atom. The van der Waals surface area contributed by atoms with Crippen LogP contribution in [0.5, 0.6) is 0 Å². The highest BCUT2D eigenvalue weighted by molar-refractivity contribution is 6.03. The van der Waals surface area contributed by atoms with Crippen LogP contribution in [0.4, 0.5) is 14.5 Å². The minimum absolute atomic E-state index is 0.00830. The number of halogens is 2. The van der Waals surface area contributed by atoms with Gasteiger partial charge in [0, 0.05) is 11.8 Å². The van der Waals surface area contributed by atoms with Crippen LogP contribution < -0.4 is 5.32 Å². The van der Waals surface area contributed by atoms with Gasteiger partial charge in [-0.15, -0.1) is 0 Å². The van der Waals surface area contributed by atoms with Gasteiger partial charge in [0.05, 0.1) is 18.0 Å². The number of aromatic nitrogens is 2. The third-order valence-corrected chi connectivity index (χ3v) is 6.12. The van der Waals surface area contributed by atoms with Crippen molar-refractivity contribution < 1.29 is 18.7 Å². The largest absolute Gasteiger partial charge is 0.393 e. The summed E-state index contributed by atoms with van der Waals surface area (Å²) in [5, 5.41) is 12.9. The van der Waals surface area contributed by atoms with Crippen molar-refractivity contribution in [3.8, 4) is 11.3 Å².